The number of quaternary nitrogens is 1. The molecule has 1 nitrogen and oxygen atoms in total. The van der Waals surface area contributed by atoms with E-state index in [2.05, 4.69) is 39.3 Å². The summed E-state index contributed by atoms with van der Waals surface area (Å²) in [5.74, 6) is 0. The molecule has 0 saturated heterocycles. The molecule has 14 heavy (non-hydrogen) atoms. The third-order valence-corrected chi connectivity index (χ3v) is 3.11. The molecular weight excluding hydrogens is 170 g/mol. The maximum absolute atomic E-state index is 2.40. The number of fused-ring (bicyclic) bond motifs is 1. The van der Waals surface area contributed by atoms with Crippen LogP contribution < -0.4 is 4.48 Å². The molecule has 0 bridgehead atoms. The van der Waals surface area contributed by atoms with Crippen LogP contribution in [0.4, 0.5) is 5.69 Å². The molecule has 76 valence electrons. The van der Waals surface area contributed by atoms with Crippen LogP contribution in [0.1, 0.15) is 24.0 Å². The third kappa shape index (κ3) is 1.83. The molecule has 1 heteroatoms. The zero-order valence-corrected chi connectivity index (χ0v) is 9.51. The van der Waals surface area contributed by atoms with Gasteiger partial charge in [0.2, 0.25) is 0 Å². The van der Waals surface area contributed by atoms with Gasteiger partial charge >= 0.3 is 0 Å². The molecular formula is C13H20N+. The predicted octanol–water partition coefficient (Wildman–Crippen LogP) is 2.76. The van der Waals surface area contributed by atoms with Crippen molar-refractivity contribution >= 4 is 5.69 Å². The zero-order chi connectivity index (χ0) is 10.2. The number of hydrogen-bond donors (Lipinski definition) is 0. The summed E-state index contributed by atoms with van der Waals surface area (Å²) in [5, 5.41) is 0. The minimum atomic E-state index is 0.924. The van der Waals surface area contributed by atoms with Crippen molar-refractivity contribution in [2.75, 3.05) is 21.1 Å². The van der Waals surface area contributed by atoms with E-state index in [9.17, 15) is 0 Å². The van der Waals surface area contributed by atoms with Crippen LogP contribution in [-0.4, -0.2) is 21.1 Å². The van der Waals surface area contributed by atoms with Crippen LogP contribution in [0.5, 0.6) is 0 Å². The van der Waals surface area contributed by atoms with Gasteiger partial charge in [0.25, 0.3) is 0 Å². The molecule has 1 aromatic carbocycles. The number of nitrogens with zero attached hydrogens (tertiary/aromatic N) is 1. The van der Waals surface area contributed by atoms with Crippen LogP contribution in [-0.2, 0) is 12.8 Å². The largest absolute Gasteiger partial charge is 0.298 e. The van der Waals surface area contributed by atoms with Crippen LogP contribution in [0.25, 0.3) is 0 Å². The van der Waals surface area contributed by atoms with Crippen LogP contribution in [0.2, 0.25) is 0 Å². The van der Waals surface area contributed by atoms with E-state index in [1.165, 1.54) is 31.4 Å². The summed E-state index contributed by atoms with van der Waals surface area (Å²) in [6.07, 6.45) is 5.31. The van der Waals surface area contributed by atoms with Gasteiger partial charge in [-0.1, -0.05) is 6.07 Å². The third-order valence-electron chi connectivity index (χ3n) is 3.11. The Balaban J connectivity index is 2.39. The van der Waals surface area contributed by atoms with E-state index in [4.69, 9.17) is 0 Å². The first-order valence-corrected chi connectivity index (χ1v) is 5.51. The van der Waals surface area contributed by atoms with Gasteiger partial charge in [0.05, 0.1) is 21.1 Å². The standard InChI is InChI=1S/C13H20N/c1-14(2,3)13-9-8-11-6-4-5-7-12(11)10-13/h8-10H,4-7H2,1-3H3/q+1. The molecule has 0 fully saturated rings. The Labute approximate surface area is 86.9 Å². The fourth-order valence-electron chi connectivity index (χ4n) is 2.14. The van der Waals surface area contributed by atoms with Crippen LogP contribution in [0, 0.1) is 0 Å². The fourth-order valence-corrected chi connectivity index (χ4v) is 2.14. The van der Waals surface area contributed by atoms with Crippen LogP contribution in [0.15, 0.2) is 18.2 Å². The molecule has 0 aromatic heterocycles. The summed E-state index contributed by atoms with van der Waals surface area (Å²) in [6.45, 7) is 0. The summed E-state index contributed by atoms with van der Waals surface area (Å²) in [6, 6.07) is 7.01. The molecule has 0 N–H and O–H groups in total. The van der Waals surface area contributed by atoms with Crippen LogP contribution >= 0.6 is 0 Å². The van der Waals surface area contributed by atoms with Gasteiger partial charge in [-0.25, -0.2) is 0 Å². The van der Waals surface area contributed by atoms with Crippen molar-refractivity contribution in [1.29, 1.82) is 0 Å². The fraction of sp³-hybridized carbons (Fsp3) is 0.538. The summed E-state index contributed by atoms with van der Waals surface area (Å²) in [7, 11) is 6.68. The maximum atomic E-state index is 2.40. The highest BCUT2D eigenvalue weighted by molar-refractivity contribution is 5.48. The minimum Gasteiger partial charge on any atom is -0.298 e. The molecule has 2 rings (SSSR count). The van der Waals surface area contributed by atoms with Gasteiger partial charge in [-0.05, 0) is 42.9 Å². The number of hydrogen-bond acceptors (Lipinski definition) is 0. The number of benzene rings is 1. The second-order valence-corrected chi connectivity index (χ2v) is 5.17. The average Bonchev–Trinajstić information content (AvgIpc) is 2.16. The minimum absolute atomic E-state index is 0.924. The first-order valence-electron chi connectivity index (χ1n) is 5.51. The van der Waals surface area contributed by atoms with Crippen molar-refractivity contribution in [1.82, 2.24) is 4.48 Å². The van der Waals surface area contributed by atoms with Gasteiger partial charge < -0.3 is 0 Å². The van der Waals surface area contributed by atoms with E-state index in [0.29, 0.717) is 0 Å². The van der Waals surface area contributed by atoms with Crippen molar-refractivity contribution in [3.63, 3.8) is 0 Å². The monoisotopic (exact) mass is 190 g/mol. The second kappa shape index (κ2) is 3.39. The lowest BCUT2D eigenvalue weighted by Crippen LogP contribution is -2.34. The van der Waals surface area contributed by atoms with E-state index in [-0.39, 0.29) is 0 Å². The van der Waals surface area contributed by atoms with E-state index >= 15 is 0 Å². The molecule has 0 radical (unpaired) electrons. The topological polar surface area (TPSA) is 0 Å². The van der Waals surface area contributed by atoms with E-state index < -0.39 is 0 Å². The van der Waals surface area contributed by atoms with E-state index in [0.717, 1.165) is 4.48 Å². The Morgan fingerprint density at radius 2 is 1.57 bits per heavy atom. The molecule has 0 unspecified atom stereocenters. The molecule has 1 aliphatic rings. The second-order valence-electron chi connectivity index (χ2n) is 5.17. The first-order chi connectivity index (χ1) is 6.57. The highest BCUT2D eigenvalue weighted by Gasteiger charge is 2.16. The summed E-state index contributed by atoms with van der Waals surface area (Å²) >= 11 is 0. The van der Waals surface area contributed by atoms with Crippen molar-refractivity contribution < 1.29 is 0 Å². The zero-order valence-electron chi connectivity index (χ0n) is 9.51. The highest BCUT2D eigenvalue weighted by atomic mass is 15.3. The Morgan fingerprint density at radius 3 is 2.21 bits per heavy atom. The smallest absolute Gasteiger partial charge is 0.132 e. The molecule has 0 saturated carbocycles. The average molecular weight is 190 g/mol. The summed E-state index contributed by atoms with van der Waals surface area (Å²) in [4.78, 5) is 0. The molecule has 1 aromatic rings. The molecule has 0 heterocycles. The molecule has 0 atom stereocenters. The van der Waals surface area contributed by atoms with Gasteiger partial charge in [-0.15, -0.1) is 0 Å². The van der Waals surface area contributed by atoms with Gasteiger partial charge in [0, 0.05) is 6.07 Å². The molecule has 0 spiro atoms. The Kier molecular flexibility index (Phi) is 2.36. The number of aryl methyl sites for hydroxylation is 2. The molecule has 0 amide bonds. The molecule has 1 aliphatic carbocycles. The van der Waals surface area contributed by atoms with Crippen molar-refractivity contribution in [2.24, 2.45) is 0 Å². The Morgan fingerprint density at radius 1 is 0.929 bits per heavy atom. The normalized spacial score (nSPS) is 16.5. The quantitative estimate of drug-likeness (QED) is 0.597. The Bertz CT molecular complexity index is 334. The van der Waals surface area contributed by atoms with Gasteiger partial charge in [0.15, 0.2) is 0 Å². The SMILES string of the molecule is C[N+](C)(C)c1ccc2c(c1)CCCC2. The van der Waals surface area contributed by atoms with Gasteiger partial charge in [0.1, 0.15) is 5.69 Å². The van der Waals surface area contributed by atoms with Gasteiger partial charge in [-0.3, -0.25) is 4.48 Å². The first kappa shape index (κ1) is 9.72. The van der Waals surface area contributed by atoms with E-state index in [1.54, 1.807) is 11.1 Å². The molecule has 0 aliphatic heterocycles. The lowest BCUT2D eigenvalue weighted by molar-refractivity contribution is 0.485. The predicted molar refractivity (Wildman–Crippen MR) is 62.7 cm³/mol. The Hall–Kier alpha value is -0.820. The van der Waals surface area contributed by atoms with E-state index in [1.807, 2.05) is 0 Å². The lowest BCUT2D eigenvalue weighted by atomic mass is 9.91. The lowest BCUT2D eigenvalue weighted by Gasteiger charge is -2.25. The highest BCUT2D eigenvalue weighted by Crippen LogP contribution is 2.26. The van der Waals surface area contributed by atoms with Crippen molar-refractivity contribution in [3.05, 3.63) is 29.3 Å². The number of rotatable bonds is 1. The van der Waals surface area contributed by atoms with Gasteiger partial charge in [-0.2, -0.15) is 0 Å². The summed E-state index contributed by atoms with van der Waals surface area (Å²) < 4.78 is 0.924. The van der Waals surface area contributed by atoms with Crippen molar-refractivity contribution in [3.8, 4) is 0 Å². The van der Waals surface area contributed by atoms with Crippen LogP contribution in [0.3, 0.4) is 0 Å². The van der Waals surface area contributed by atoms with Crippen molar-refractivity contribution in [2.45, 2.75) is 25.7 Å². The summed E-state index contributed by atoms with van der Waals surface area (Å²) in [5.41, 5.74) is 4.58. The maximum Gasteiger partial charge on any atom is 0.132 e.